The number of anilines is 1. The first kappa shape index (κ1) is 14.3. The highest BCUT2D eigenvalue weighted by molar-refractivity contribution is 6.37. The highest BCUT2D eigenvalue weighted by Gasteiger charge is 2.06. The Balaban J connectivity index is 1.86. The molecule has 0 amide bonds. The Morgan fingerprint density at radius 1 is 0.842 bits per heavy atom. The van der Waals surface area contributed by atoms with Gasteiger partial charge in [-0.2, -0.15) is 0 Å². The predicted octanol–water partition coefficient (Wildman–Crippen LogP) is 5.14. The molecule has 0 atom stereocenters. The Bertz CT molecular complexity index is 540. The quantitative estimate of drug-likeness (QED) is 0.771. The van der Waals surface area contributed by atoms with Crippen LogP contribution in [-0.2, 0) is 0 Å². The maximum atomic E-state index is 6.03. The van der Waals surface area contributed by atoms with Crippen molar-refractivity contribution in [2.45, 2.75) is 0 Å². The van der Waals surface area contributed by atoms with E-state index in [1.54, 1.807) is 18.2 Å². The number of hydrogen-bond acceptors (Lipinski definition) is 2. The van der Waals surface area contributed by atoms with Crippen LogP contribution < -0.4 is 10.1 Å². The first-order valence-electron chi connectivity index (χ1n) is 5.73. The number of nitrogens with one attached hydrogen (secondary N) is 1. The molecule has 1 N–H and O–H groups in total. The molecular weight excluding hydrogens is 305 g/mol. The van der Waals surface area contributed by atoms with E-state index in [4.69, 9.17) is 39.5 Å². The minimum atomic E-state index is 0.439. The number of benzene rings is 2. The second-order valence-electron chi connectivity index (χ2n) is 3.81. The second kappa shape index (κ2) is 6.90. The fraction of sp³-hybridized carbons (Fsp3) is 0.143. The molecule has 0 bridgehead atoms. The van der Waals surface area contributed by atoms with Crippen molar-refractivity contribution < 1.29 is 4.74 Å². The van der Waals surface area contributed by atoms with Crippen molar-refractivity contribution in [3.05, 3.63) is 57.5 Å². The maximum Gasteiger partial charge on any atom is 0.156 e. The zero-order valence-electron chi connectivity index (χ0n) is 10.00. The molecule has 0 saturated heterocycles. The molecule has 0 heterocycles. The molecular formula is C14H12Cl3NO. The van der Waals surface area contributed by atoms with Gasteiger partial charge >= 0.3 is 0 Å². The van der Waals surface area contributed by atoms with Crippen LogP contribution in [0.5, 0.6) is 5.75 Å². The van der Waals surface area contributed by atoms with E-state index in [1.807, 2.05) is 24.3 Å². The summed E-state index contributed by atoms with van der Waals surface area (Å²) in [6, 6.07) is 12.8. The van der Waals surface area contributed by atoms with E-state index >= 15 is 0 Å². The molecule has 19 heavy (non-hydrogen) atoms. The fourth-order valence-corrected chi connectivity index (χ4v) is 2.27. The van der Waals surface area contributed by atoms with Gasteiger partial charge in [-0.3, -0.25) is 0 Å². The maximum absolute atomic E-state index is 6.03. The SMILES string of the molecule is Clc1ccccc1NCCOc1c(Cl)cccc1Cl. The van der Waals surface area contributed by atoms with Gasteiger partial charge in [0.1, 0.15) is 6.61 Å². The predicted molar refractivity (Wildman–Crippen MR) is 81.9 cm³/mol. The van der Waals surface area contributed by atoms with Gasteiger partial charge in [-0.05, 0) is 24.3 Å². The van der Waals surface area contributed by atoms with Crippen LogP contribution in [0.2, 0.25) is 15.1 Å². The minimum absolute atomic E-state index is 0.439. The largest absolute Gasteiger partial charge is 0.489 e. The average Bonchev–Trinajstić information content (AvgIpc) is 2.39. The van der Waals surface area contributed by atoms with Crippen LogP contribution in [0.1, 0.15) is 0 Å². The summed E-state index contributed by atoms with van der Waals surface area (Å²) in [6.07, 6.45) is 0. The summed E-state index contributed by atoms with van der Waals surface area (Å²) in [4.78, 5) is 0. The van der Waals surface area contributed by atoms with E-state index in [9.17, 15) is 0 Å². The van der Waals surface area contributed by atoms with Crippen LogP contribution >= 0.6 is 34.8 Å². The standard InChI is InChI=1S/C14H12Cl3NO/c15-10-4-1-2-7-13(10)18-8-9-19-14-11(16)5-3-6-12(14)17/h1-7,18H,8-9H2. The van der Waals surface area contributed by atoms with Crippen LogP contribution in [0.4, 0.5) is 5.69 Å². The average molecular weight is 317 g/mol. The third-order valence-electron chi connectivity index (χ3n) is 2.46. The van der Waals surface area contributed by atoms with Gasteiger partial charge in [-0.15, -0.1) is 0 Å². The van der Waals surface area contributed by atoms with Gasteiger partial charge in [0.05, 0.1) is 20.8 Å². The molecule has 2 nitrogen and oxygen atoms in total. The third kappa shape index (κ3) is 3.93. The van der Waals surface area contributed by atoms with Gasteiger partial charge < -0.3 is 10.1 Å². The monoisotopic (exact) mass is 315 g/mol. The molecule has 0 aromatic heterocycles. The first-order valence-corrected chi connectivity index (χ1v) is 6.87. The molecule has 2 rings (SSSR count). The van der Waals surface area contributed by atoms with Gasteiger partial charge in [-0.1, -0.05) is 53.0 Å². The minimum Gasteiger partial charge on any atom is -0.489 e. The molecule has 5 heteroatoms. The number of halogens is 3. The van der Waals surface area contributed by atoms with E-state index in [1.165, 1.54) is 0 Å². The number of rotatable bonds is 5. The zero-order chi connectivity index (χ0) is 13.7. The fourth-order valence-electron chi connectivity index (χ4n) is 1.56. The van der Waals surface area contributed by atoms with Gasteiger partial charge in [0.2, 0.25) is 0 Å². The molecule has 2 aromatic carbocycles. The lowest BCUT2D eigenvalue weighted by atomic mass is 10.3. The lowest BCUT2D eigenvalue weighted by Crippen LogP contribution is -2.12. The van der Waals surface area contributed by atoms with Crippen molar-refractivity contribution in [2.24, 2.45) is 0 Å². The topological polar surface area (TPSA) is 21.3 Å². The van der Waals surface area contributed by atoms with E-state index < -0.39 is 0 Å². The summed E-state index contributed by atoms with van der Waals surface area (Å²) in [5.74, 6) is 0.506. The molecule has 0 aliphatic rings. The van der Waals surface area contributed by atoms with Gasteiger partial charge in [0, 0.05) is 6.54 Å². The lowest BCUT2D eigenvalue weighted by Gasteiger charge is -2.11. The van der Waals surface area contributed by atoms with Gasteiger partial charge in [0.15, 0.2) is 5.75 Å². The number of hydrogen-bond donors (Lipinski definition) is 1. The molecule has 100 valence electrons. The molecule has 0 radical (unpaired) electrons. The van der Waals surface area contributed by atoms with Crippen LogP contribution in [0.3, 0.4) is 0 Å². The number of ether oxygens (including phenoxy) is 1. The Hall–Kier alpha value is -1.09. The smallest absolute Gasteiger partial charge is 0.156 e. The van der Waals surface area contributed by atoms with Crippen LogP contribution in [0.15, 0.2) is 42.5 Å². The second-order valence-corrected chi connectivity index (χ2v) is 5.03. The first-order chi connectivity index (χ1) is 9.18. The third-order valence-corrected chi connectivity index (χ3v) is 3.38. The van der Waals surface area contributed by atoms with Crippen LogP contribution in [-0.4, -0.2) is 13.2 Å². The Morgan fingerprint density at radius 2 is 1.47 bits per heavy atom. The Morgan fingerprint density at radius 3 is 2.16 bits per heavy atom. The summed E-state index contributed by atoms with van der Waals surface area (Å²) >= 11 is 18.0. The lowest BCUT2D eigenvalue weighted by molar-refractivity contribution is 0.333. The Kier molecular flexibility index (Phi) is 5.20. The van der Waals surface area contributed by atoms with Crippen molar-refractivity contribution in [2.75, 3.05) is 18.5 Å². The van der Waals surface area contributed by atoms with Crippen LogP contribution in [0.25, 0.3) is 0 Å². The summed E-state index contributed by atoms with van der Waals surface area (Å²) in [7, 11) is 0. The molecule has 0 aliphatic carbocycles. The van der Waals surface area contributed by atoms with E-state index in [0.29, 0.717) is 34.0 Å². The highest BCUT2D eigenvalue weighted by atomic mass is 35.5. The molecule has 0 fully saturated rings. The van der Waals surface area contributed by atoms with Gasteiger partial charge in [-0.25, -0.2) is 0 Å². The summed E-state index contributed by atoms with van der Waals surface area (Å²) in [5.41, 5.74) is 0.873. The van der Waals surface area contributed by atoms with E-state index in [0.717, 1.165) is 5.69 Å². The summed E-state index contributed by atoms with van der Waals surface area (Å²) in [6.45, 7) is 1.04. The Labute approximate surface area is 127 Å². The molecule has 2 aromatic rings. The summed E-state index contributed by atoms with van der Waals surface area (Å²) < 4.78 is 5.56. The van der Waals surface area contributed by atoms with Gasteiger partial charge in [0.25, 0.3) is 0 Å². The molecule has 0 unspecified atom stereocenters. The molecule has 0 spiro atoms. The van der Waals surface area contributed by atoms with Crippen molar-refractivity contribution >= 4 is 40.5 Å². The van der Waals surface area contributed by atoms with Crippen LogP contribution in [0, 0.1) is 0 Å². The normalized spacial score (nSPS) is 10.3. The van der Waals surface area contributed by atoms with Crippen molar-refractivity contribution in [1.29, 1.82) is 0 Å². The molecule has 0 aliphatic heterocycles. The number of para-hydroxylation sites is 2. The van der Waals surface area contributed by atoms with E-state index in [2.05, 4.69) is 5.32 Å². The molecule has 0 saturated carbocycles. The van der Waals surface area contributed by atoms with Crippen molar-refractivity contribution in [1.82, 2.24) is 0 Å². The van der Waals surface area contributed by atoms with E-state index in [-0.39, 0.29) is 0 Å². The summed E-state index contributed by atoms with van der Waals surface area (Å²) in [5, 5.41) is 4.87. The van der Waals surface area contributed by atoms with Crippen molar-refractivity contribution in [3.63, 3.8) is 0 Å². The van der Waals surface area contributed by atoms with Crippen molar-refractivity contribution in [3.8, 4) is 5.75 Å². The zero-order valence-corrected chi connectivity index (χ0v) is 12.3. The highest BCUT2D eigenvalue weighted by Crippen LogP contribution is 2.32.